The van der Waals surface area contributed by atoms with Crippen LogP contribution in [0, 0.1) is 0 Å². The topological polar surface area (TPSA) is 82.2 Å². The standard InChI is InChI=1S/C24H36N6O/c1-5-7-16-30(15-6-2)18-19(3)27-23-17-22(26-14-13-25-20(4)31)28-24(29-23)21-11-9-8-10-12-21/h8-12,17H,3,5-7,13-16,18H2,1-2,4H3,(H,25,31)(H2,26,27,28,29). The number of carbonyl (C=O) groups excluding carboxylic acids is 1. The Balaban J connectivity index is 2.13. The maximum absolute atomic E-state index is 11.1. The number of nitrogens with one attached hydrogen (secondary N) is 3. The number of hydrogen-bond acceptors (Lipinski definition) is 6. The molecule has 2 aromatic rings. The highest BCUT2D eigenvalue weighted by Crippen LogP contribution is 2.21. The van der Waals surface area contributed by atoms with E-state index in [0.29, 0.717) is 30.5 Å². The zero-order chi connectivity index (χ0) is 22.5. The third-order valence-corrected chi connectivity index (χ3v) is 4.65. The van der Waals surface area contributed by atoms with Crippen molar-refractivity contribution >= 4 is 17.5 Å². The molecule has 1 amide bonds. The van der Waals surface area contributed by atoms with Crippen molar-refractivity contribution in [3.63, 3.8) is 0 Å². The maximum atomic E-state index is 11.1. The van der Waals surface area contributed by atoms with Gasteiger partial charge in [-0.1, -0.05) is 57.2 Å². The highest BCUT2D eigenvalue weighted by molar-refractivity contribution is 5.72. The Kier molecular flexibility index (Phi) is 10.5. The lowest BCUT2D eigenvalue weighted by molar-refractivity contribution is -0.118. The summed E-state index contributed by atoms with van der Waals surface area (Å²) in [6, 6.07) is 11.8. The van der Waals surface area contributed by atoms with E-state index in [9.17, 15) is 4.79 Å². The van der Waals surface area contributed by atoms with Crippen LogP contribution in [0.5, 0.6) is 0 Å². The van der Waals surface area contributed by atoms with E-state index < -0.39 is 0 Å². The molecule has 0 saturated heterocycles. The van der Waals surface area contributed by atoms with Gasteiger partial charge >= 0.3 is 0 Å². The number of amides is 1. The van der Waals surface area contributed by atoms with Crippen molar-refractivity contribution in [2.45, 2.75) is 40.0 Å². The van der Waals surface area contributed by atoms with Crippen molar-refractivity contribution in [2.24, 2.45) is 0 Å². The third-order valence-electron chi connectivity index (χ3n) is 4.65. The molecule has 168 valence electrons. The lowest BCUT2D eigenvalue weighted by Gasteiger charge is -2.23. The Bertz CT molecular complexity index is 824. The van der Waals surface area contributed by atoms with Crippen LogP contribution in [0.2, 0.25) is 0 Å². The summed E-state index contributed by atoms with van der Waals surface area (Å²) in [5, 5.41) is 9.42. The first-order valence-electron chi connectivity index (χ1n) is 11.1. The molecular formula is C24H36N6O. The SMILES string of the molecule is C=C(CN(CCC)CCCC)Nc1cc(NCCNC(C)=O)nc(-c2ccccc2)n1. The van der Waals surface area contributed by atoms with Gasteiger partial charge in [0, 0.05) is 43.9 Å². The average Bonchev–Trinajstić information content (AvgIpc) is 2.75. The van der Waals surface area contributed by atoms with Crippen molar-refractivity contribution in [3.8, 4) is 11.4 Å². The van der Waals surface area contributed by atoms with Gasteiger partial charge in [-0.3, -0.25) is 9.69 Å². The predicted octanol–water partition coefficient (Wildman–Crippen LogP) is 4.13. The molecule has 7 heteroatoms. The largest absolute Gasteiger partial charge is 0.368 e. The molecule has 0 fully saturated rings. The van der Waals surface area contributed by atoms with Gasteiger partial charge in [0.25, 0.3) is 0 Å². The molecule has 0 aliphatic carbocycles. The zero-order valence-corrected chi connectivity index (χ0v) is 19.1. The minimum Gasteiger partial charge on any atom is -0.368 e. The minimum atomic E-state index is -0.0483. The van der Waals surface area contributed by atoms with Crippen molar-refractivity contribution in [3.05, 3.63) is 48.7 Å². The maximum Gasteiger partial charge on any atom is 0.216 e. The Morgan fingerprint density at radius 3 is 2.45 bits per heavy atom. The lowest BCUT2D eigenvalue weighted by atomic mass is 10.2. The van der Waals surface area contributed by atoms with Gasteiger partial charge in [0.1, 0.15) is 11.6 Å². The molecule has 0 unspecified atom stereocenters. The van der Waals surface area contributed by atoms with E-state index in [2.05, 4.69) is 46.3 Å². The van der Waals surface area contributed by atoms with E-state index in [0.717, 1.165) is 37.3 Å². The van der Waals surface area contributed by atoms with Crippen molar-refractivity contribution in [2.75, 3.05) is 43.4 Å². The van der Waals surface area contributed by atoms with Crippen LogP contribution in [-0.2, 0) is 4.79 Å². The number of rotatable bonds is 14. The van der Waals surface area contributed by atoms with Crippen LogP contribution in [0.4, 0.5) is 11.6 Å². The quantitative estimate of drug-likeness (QED) is 0.396. The highest BCUT2D eigenvalue weighted by atomic mass is 16.1. The number of nitrogens with zero attached hydrogens (tertiary/aromatic N) is 3. The second kappa shape index (κ2) is 13.4. The number of carbonyl (C=O) groups is 1. The summed E-state index contributed by atoms with van der Waals surface area (Å²) in [5.41, 5.74) is 1.85. The molecule has 0 radical (unpaired) electrons. The van der Waals surface area contributed by atoms with Crippen molar-refractivity contribution in [1.29, 1.82) is 0 Å². The second-order valence-corrected chi connectivity index (χ2v) is 7.60. The summed E-state index contributed by atoms with van der Waals surface area (Å²) in [6.07, 6.45) is 3.48. The molecule has 31 heavy (non-hydrogen) atoms. The van der Waals surface area contributed by atoms with E-state index >= 15 is 0 Å². The summed E-state index contributed by atoms with van der Waals surface area (Å²) in [5.74, 6) is 1.99. The number of benzene rings is 1. The van der Waals surface area contributed by atoms with Gasteiger partial charge in [0.2, 0.25) is 5.91 Å². The fourth-order valence-electron chi connectivity index (χ4n) is 3.21. The summed E-state index contributed by atoms with van der Waals surface area (Å²) < 4.78 is 0. The van der Waals surface area contributed by atoms with Crippen molar-refractivity contribution in [1.82, 2.24) is 20.2 Å². The lowest BCUT2D eigenvalue weighted by Crippen LogP contribution is -2.29. The fraction of sp³-hybridized carbons (Fsp3) is 0.458. The fourth-order valence-corrected chi connectivity index (χ4v) is 3.21. The molecule has 1 aromatic heterocycles. The summed E-state index contributed by atoms with van der Waals surface area (Å²) >= 11 is 0. The van der Waals surface area contributed by atoms with E-state index in [1.54, 1.807) is 0 Å². The van der Waals surface area contributed by atoms with E-state index in [4.69, 9.17) is 4.98 Å². The Morgan fingerprint density at radius 1 is 1.03 bits per heavy atom. The van der Waals surface area contributed by atoms with E-state index in [1.165, 1.54) is 19.8 Å². The highest BCUT2D eigenvalue weighted by Gasteiger charge is 2.10. The molecule has 7 nitrogen and oxygen atoms in total. The average molecular weight is 425 g/mol. The Morgan fingerprint density at radius 2 is 1.77 bits per heavy atom. The molecule has 1 heterocycles. The second-order valence-electron chi connectivity index (χ2n) is 7.60. The van der Waals surface area contributed by atoms with Gasteiger partial charge < -0.3 is 16.0 Å². The summed E-state index contributed by atoms with van der Waals surface area (Å²) in [7, 11) is 0. The third kappa shape index (κ3) is 9.17. The Hall–Kier alpha value is -2.93. The van der Waals surface area contributed by atoms with Crippen LogP contribution >= 0.6 is 0 Å². The first kappa shape index (κ1) is 24.3. The van der Waals surface area contributed by atoms with Gasteiger partial charge in [-0.15, -0.1) is 0 Å². The van der Waals surface area contributed by atoms with Gasteiger partial charge in [-0.25, -0.2) is 9.97 Å². The van der Waals surface area contributed by atoms with Crippen molar-refractivity contribution < 1.29 is 4.79 Å². The van der Waals surface area contributed by atoms with E-state index in [-0.39, 0.29) is 5.91 Å². The molecule has 0 saturated carbocycles. The van der Waals surface area contributed by atoms with Gasteiger partial charge in [0.05, 0.1) is 0 Å². The smallest absolute Gasteiger partial charge is 0.216 e. The van der Waals surface area contributed by atoms with Crippen LogP contribution in [0.1, 0.15) is 40.0 Å². The zero-order valence-electron chi connectivity index (χ0n) is 19.1. The monoisotopic (exact) mass is 424 g/mol. The van der Waals surface area contributed by atoms with Crippen LogP contribution < -0.4 is 16.0 Å². The number of unbranched alkanes of at least 4 members (excludes halogenated alkanes) is 1. The molecule has 2 rings (SSSR count). The molecule has 0 spiro atoms. The molecular weight excluding hydrogens is 388 g/mol. The van der Waals surface area contributed by atoms with Gasteiger partial charge in [-0.2, -0.15) is 0 Å². The predicted molar refractivity (Wildman–Crippen MR) is 129 cm³/mol. The Labute approximate surface area is 186 Å². The molecule has 0 aliphatic rings. The molecule has 0 atom stereocenters. The van der Waals surface area contributed by atoms with Crippen LogP contribution in [-0.4, -0.2) is 53.5 Å². The molecule has 3 N–H and O–H groups in total. The molecule has 1 aromatic carbocycles. The number of hydrogen-bond donors (Lipinski definition) is 3. The van der Waals surface area contributed by atoms with Gasteiger partial charge in [0.15, 0.2) is 5.82 Å². The van der Waals surface area contributed by atoms with Crippen LogP contribution in [0.25, 0.3) is 11.4 Å². The molecule has 0 bridgehead atoms. The summed E-state index contributed by atoms with van der Waals surface area (Å²) in [4.78, 5) is 22.9. The van der Waals surface area contributed by atoms with E-state index in [1.807, 2.05) is 36.4 Å². The minimum absolute atomic E-state index is 0.0483. The normalized spacial score (nSPS) is 10.7. The van der Waals surface area contributed by atoms with Crippen LogP contribution in [0.15, 0.2) is 48.7 Å². The van der Waals surface area contributed by atoms with Crippen LogP contribution in [0.3, 0.4) is 0 Å². The van der Waals surface area contributed by atoms with Gasteiger partial charge in [-0.05, 0) is 25.9 Å². The number of anilines is 2. The first-order chi connectivity index (χ1) is 15.0. The molecule has 0 aliphatic heterocycles. The number of aromatic nitrogens is 2. The summed E-state index contributed by atoms with van der Waals surface area (Å²) in [6.45, 7) is 14.1. The first-order valence-corrected chi connectivity index (χ1v) is 11.1.